The molecule has 1 aromatic heterocycles. The lowest BCUT2D eigenvalue weighted by molar-refractivity contribution is -0.118. The van der Waals surface area contributed by atoms with Crippen LogP contribution in [-0.4, -0.2) is 29.2 Å². The Balaban J connectivity index is 1.32. The number of halogens is 1. The predicted octanol–water partition coefficient (Wildman–Crippen LogP) is 5.70. The normalized spacial score (nSPS) is 10.7. The van der Waals surface area contributed by atoms with E-state index in [0.717, 1.165) is 14.6 Å². The van der Waals surface area contributed by atoms with Crippen molar-refractivity contribution >= 4 is 68.1 Å². The van der Waals surface area contributed by atoms with Crippen molar-refractivity contribution in [1.82, 2.24) is 4.98 Å². The molecule has 0 bridgehead atoms. The van der Waals surface area contributed by atoms with Gasteiger partial charge in [0.05, 0.1) is 26.7 Å². The molecule has 3 aromatic carbocycles. The SMILES string of the molecule is O=C(COc1ccccc1)Nc1ccc2nc(SCC(=O)Nc3ccccc3Cl)sc2c1. The Bertz CT molecular complexity index is 1250. The molecule has 1 heterocycles. The number of nitrogens with zero attached hydrogens (tertiary/aromatic N) is 1. The summed E-state index contributed by atoms with van der Waals surface area (Å²) in [5, 5.41) is 6.12. The van der Waals surface area contributed by atoms with E-state index in [1.807, 2.05) is 36.4 Å². The van der Waals surface area contributed by atoms with Gasteiger partial charge in [-0.05, 0) is 42.5 Å². The number of thiazole rings is 1. The van der Waals surface area contributed by atoms with Crippen molar-refractivity contribution in [2.75, 3.05) is 23.0 Å². The molecule has 0 radical (unpaired) electrons. The van der Waals surface area contributed by atoms with Gasteiger partial charge >= 0.3 is 0 Å². The van der Waals surface area contributed by atoms with Gasteiger partial charge in [-0.1, -0.05) is 53.7 Å². The highest BCUT2D eigenvalue weighted by atomic mass is 35.5. The molecule has 0 aliphatic heterocycles. The second kappa shape index (κ2) is 10.5. The molecule has 6 nitrogen and oxygen atoms in total. The standard InChI is InChI=1S/C23H18ClN3O3S2/c24-17-8-4-5-9-18(17)26-22(29)14-31-23-27-19-11-10-15(12-20(19)32-23)25-21(28)13-30-16-6-2-1-3-7-16/h1-12H,13-14H2,(H,25,28)(H,26,29). The summed E-state index contributed by atoms with van der Waals surface area (Å²) < 4.78 is 7.15. The third-order valence-electron chi connectivity index (χ3n) is 4.24. The van der Waals surface area contributed by atoms with Crippen LogP contribution >= 0.6 is 34.7 Å². The van der Waals surface area contributed by atoms with Crippen molar-refractivity contribution in [3.8, 4) is 5.75 Å². The number of rotatable bonds is 8. The maximum atomic E-state index is 12.2. The number of thioether (sulfide) groups is 1. The number of fused-ring (bicyclic) bond motifs is 1. The van der Waals surface area contributed by atoms with Gasteiger partial charge in [0, 0.05) is 5.69 Å². The smallest absolute Gasteiger partial charge is 0.262 e. The van der Waals surface area contributed by atoms with Crippen molar-refractivity contribution < 1.29 is 14.3 Å². The first kappa shape index (κ1) is 22.1. The first-order valence-electron chi connectivity index (χ1n) is 9.62. The minimum Gasteiger partial charge on any atom is -0.484 e. The average Bonchev–Trinajstić information content (AvgIpc) is 3.21. The number of carbonyl (C=O) groups is 2. The molecule has 0 aliphatic rings. The first-order valence-corrected chi connectivity index (χ1v) is 11.8. The third-order valence-corrected chi connectivity index (χ3v) is 6.73. The van der Waals surface area contributed by atoms with Crippen LogP contribution in [-0.2, 0) is 9.59 Å². The van der Waals surface area contributed by atoms with Gasteiger partial charge in [0.25, 0.3) is 5.91 Å². The minimum atomic E-state index is -0.247. The van der Waals surface area contributed by atoms with Crippen LogP contribution in [0.4, 0.5) is 11.4 Å². The molecule has 0 atom stereocenters. The predicted molar refractivity (Wildman–Crippen MR) is 131 cm³/mol. The molecule has 0 unspecified atom stereocenters. The lowest BCUT2D eigenvalue weighted by Crippen LogP contribution is -2.20. The third kappa shape index (κ3) is 6.00. The lowest BCUT2D eigenvalue weighted by Gasteiger charge is -2.07. The number of nitrogens with one attached hydrogen (secondary N) is 2. The van der Waals surface area contributed by atoms with Crippen molar-refractivity contribution in [2.24, 2.45) is 0 Å². The van der Waals surface area contributed by atoms with Crippen molar-refractivity contribution in [3.63, 3.8) is 0 Å². The Morgan fingerprint density at radius 2 is 1.75 bits per heavy atom. The van der Waals surface area contributed by atoms with Crippen LogP contribution in [0.1, 0.15) is 0 Å². The van der Waals surface area contributed by atoms with Crippen LogP contribution in [0.5, 0.6) is 5.75 Å². The Labute approximate surface area is 198 Å². The van der Waals surface area contributed by atoms with Crippen LogP contribution < -0.4 is 15.4 Å². The molecular formula is C23H18ClN3O3S2. The van der Waals surface area contributed by atoms with Gasteiger partial charge in [-0.2, -0.15) is 0 Å². The van der Waals surface area contributed by atoms with E-state index < -0.39 is 0 Å². The second-order valence-corrected chi connectivity index (χ2v) is 9.29. The van der Waals surface area contributed by atoms with E-state index in [9.17, 15) is 9.59 Å². The number of aromatic nitrogens is 1. The molecule has 2 N–H and O–H groups in total. The fourth-order valence-corrected chi connectivity index (χ4v) is 4.87. The summed E-state index contributed by atoms with van der Waals surface area (Å²) in [7, 11) is 0. The quantitative estimate of drug-likeness (QED) is 0.314. The fourth-order valence-electron chi connectivity index (χ4n) is 2.78. The van der Waals surface area contributed by atoms with Gasteiger partial charge in [-0.3, -0.25) is 9.59 Å². The number of carbonyl (C=O) groups excluding carboxylic acids is 2. The Morgan fingerprint density at radius 1 is 0.969 bits per heavy atom. The molecular weight excluding hydrogens is 466 g/mol. The number of hydrogen-bond donors (Lipinski definition) is 2. The molecule has 4 aromatic rings. The van der Waals surface area contributed by atoms with Crippen LogP contribution in [0.3, 0.4) is 0 Å². The molecule has 4 rings (SSSR count). The average molecular weight is 484 g/mol. The second-order valence-electron chi connectivity index (χ2n) is 6.63. The van der Waals surface area contributed by atoms with Gasteiger partial charge < -0.3 is 15.4 Å². The summed E-state index contributed by atoms with van der Waals surface area (Å²) >= 11 is 8.88. The van der Waals surface area contributed by atoms with E-state index in [1.54, 1.807) is 36.4 Å². The summed E-state index contributed by atoms with van der Waals surface area (Å²) in [4.78, 5) is 28.9. The summed E-state index contributed by atoms with van der Waals surface area (Å²) in [6, 6.07) is 21.8. The van der Waals surface area contributed by atoms with Crippen LogP contribution in [0.25, 0.3) is 10.2 Å². The number of ether oxygens (including phenoxy) is 1. The van der Waals surface area contributed by atoms with Gasteiger partial charge in [0.2, 0.25) is 5.91 Å². The van der Waals surface area contributed by atoms with E-state index in [2.05, 4.69) is 15.6 Å². The molecule has 162 valence electrons. The van der Waals surface area contributed by atoms with Crippen LogP contribution in [0.2, 0.25) is 5.02 Å². The van der Waals surface area contributed by atoms with Gasteiger partial charge in [-0.15, -0.1) is 11.3 Å². The van der Waals surface area contributed by atoms with Gasteiger partial charge in [-0.25, -0.2) is 4.98 Å². The lowest BCUT2D eigenvalue weighted by atomic mass is 10.3. The maximum Gasteiger partial charge on any atom is 0.262 e. The van der Waals surface area contributed by atoms with E-state index in [4.69, 9.17) is 16.3 Å². The largest absolute Gasteiger partial charge is 0.484 e. The molecule has 0 aliphatic carbocycles. The Morgan fingerprint density at radius 3 is 2.56 bits per heavy atom. The zero-order valence-electron chi connectivity index (χ0n) is 16.7. The summed E-state index contributed by atoms with van der Waals surface area (Å²) in [5.41, 5.74) is 2.05. The van der Waals surface area contributed by atoms with Crippen molar-refractivity contribution in [2.45, 2.75) is 4.34 Å². The molecule has 0 fully saturated rings. The molecule has 9 heteroatoms. The first-order chi connectivity index (χ1) is 15.6. The monoisotopic (exact) mass is 483 g/mol. The minimum absolute atomic E-state index is 0.0770. The van der Waals surface area contributed by atoms with Crippen molar-refractivity contribution in [3.05, 3.63) is 77.8 Å². The van der Waals surface area contributed by atoms with Crippen LogP contribution in [0.15, 0.2) is 77.1 Å². The fraction of sp³-hybridized carbons (Fsp3) is 0.0870. The number of hydrogen-bond acceptors (Lipinski definition) is 6. The molecule has 0 saturated carbocycles. The highest BCUT2D eigenvalue weighted by Gasteiger charge is 2.11. The van der Waals surface area contributed by atoms with Crippen molar-refractivity contribution in [1.29, 1.82) is 0 Å². The number of amides is 2. The summed E-state index contributed by atoms with van der Waals surface area (Å²) in [6.45, 7) is -0.0770. The maximum absolute atomic E-state index is 12.2. The Hall–Kier alpha value is -3.07. The van der Waals surface area contributed by atoms with E-state index in [0.29, 0.717) is 22.1 Å². The number of para-hydroxylation sites is 2. The van der Waals surface area contributed by atoms with Crippen LogP contribution in [0, 0.1) is 0 Å². The molecule has 32 heavy (non-hydrogen) atoms. The van der Waals surface area contributed by atoms with E-state index in [-0.39, 0.29) is 24.2 Å². The Kier molecular flexibility index (Phi) is 7.26. The molecule has 0 saturated heterocycles. The highest BCUT2D eigenvalue weighted by molar-refractivity contribution is 8.01. The topological polar surface area (TPSA) is 80.3 Å². The van der Waals surface area contributed by atoms with Gasteiger partial charge in [0.1, 0.15) is 5.75 Å². The molecule has 0 spiro atoms. The number of benzene rings is 3. The summed E-state index contributed by atoms with van der Waals surface area (Å²) in [5.74, 6) is 0.448. The van der Waals surface area contributed by atoms with E-state index in [1.165, 1.54) is 23.1 Å². The molecule has 2 amide bonds. The zero-order chi connectivity index (χ0) is 22.3. The van der Waals surface area contributed by atoms with Gasteiger partial charge in [0.15, 0.2) is 10.9 Å². The highest BCUT2D eigenvalue weighted by Crippen LogP contribution is 2.31. The van der Waals surface area contributed by atoms with E-state index >= 15 is 0 Å². The summed E-state index contributed by atoms with van der Waals surface area (Å²) in [6.07, 6.45) is 0. The zero-order valence-corrected chi connectivity index (χ0v) is 19.1. The number of anilines is 2.